The first-order chi connectivity index (χ1) is 13.2. The van der Waals surface area contributed by atoms with Gasteiger partial charge in [0.1, 0.15) is 11.3 Å². The Balaban J connectivity index is 2.05. The molecule has 5 heteroatoms. The van der Waals surface area contributed by atoms with Gasteiger partial charge in [0.15, 0.2) is 5.76 Å². The van der Waals surface area contributed by atoms with Gasteiger partial charge in [-0.3, -0.25) is 0 Å². The molecule has 1 aromatic heterocycles. The minimum atomic E-state index is -0.551. The van der Waals surface area contributed by atoms with Crippen LogP contribution in [0.4, 0.5) is 0 Å². The van der Waals surface area contributed by atoms with Gasteiger partial charge in [-0.1, -0.05) is 6.07 Å². The number of aromatic nitrogens is 1. The second kappa shape index (κ2) is 7.50. The molecule has 0 radical (unpaired) electrons. The number of ether oxygens (including phenoxy) is 1. The van der Waals surface area contributed by atoms with Gasteiger partial charge in [-0.05, 0) is 82.5 Å². The molecule has 146 valence electrons. The average molecular weight is 378 g/mol. The van der Waals surface area contributed by atoms with E-state index < -0.39 is 5.97 Å². The number of carbonyl (C=O) groups excluding carboxylic acids is 1. The largest absolute Gasteiger partial charge is 0.505 e. The lowest BCUT2D eigenvalue weighted by Gasteiger charge is -2.12. The van der Waals surface area contributed by atoms with Crippen LogP contribution >= 0.6 is 0 Å². The average Bonchev–Trinajstić information content (AvgIpc) is 3.06. The third-order valence-corrected chi connectivity index (χ3v) is 5.12. The smallest absolute Gasteiger partial charge is 0.343 e. The zero-order valence-electron chi connectivity index (χ0n) is 17.3. The number of aliphatic hydroxyl groups excluding tert-OH is 1. The monoisotopic (exact) mass is 378 g/mol. The summed E-state index contributed by atoms with van der Waals surface area (Å²) in [4.78, 5) is 16.5. The summed E-state index contributed by atoms with van der Waals surface area (Å²) >= 11 is 0. The van der Waals surface area contributed by atoms with Crippen LogP contribution in [-0.4, -0.2) is 28.0 Å². The van der Waals surface area contributed by atoms with Crippen molar-refractivity contribution >= 4 is 17.8 Å². The zero-order valence-corrected chi connectivity index (χ0v) is 17.3. The van der Waals surface area contributed by atoms with Crippen LogP contribution < -0.4 is 0 Å². The van der Waals surface area contributed by atoms with Gasteiger partial charge in [-0.25, -0.2) is 9.79 Å². The van der Waals surface area contributed by atoms with Crippen molar-refractivity contribution in [2.24, 2.45) is 4.99 Å². The molecule has 5 nitrogen and oxygen atoms in total. The van der Waals surface area contributed by atoms with Crippen molar-refractivity contribution < 1.29 is 14.6 Å². The maximum Gasteiger partial charge on any atom is 0.343 e. The Morgan fingerprint density at radius 3 is 2.50 bits per heavy atom. The molecule has 0 amide bonds. The predicted molar refractivity (Wildman–Crippen MR) is 112 cm³/mol. The fourth-order valence-electron chi connectivity index (χ4n) is 3.48. The van der Waals surface area contributed by atoms with E-state index in [1.165, 1.54) is 11.1 Å². The van der Waals surface area contributed by atoms with E-state index in [2.05, 4.69) is 47.7 Å². The predicted octanol–water partition coefficient (Wildman–Crippen LogP) is 4.90. The normalized spacial score (nSPS) is 15.4. The first-order valence-corrected chi connectivity index (χ1v) is 9.39. The standard InChI is InChI=1S/C23H26N2O3/c1-7-28-23(27)21-16(5)24-20(22(21)26)12-18-11-15(4)25(17(18)6)19-9-8-13(2)14(3)10-19/h8-12,26H,7H2,1-6H3. The van der Waals surface area contributed by atoms with E-state index in [-0.39, 0.29) is 17.9 Å². The molecule has 0 bridgehead atoms. The molecule has 1 aliphatic rings. The second-order valence-electron chi connectivity index (χ2n) is 7.10. The van der Waals surface area contributed by atoms with E-state index in [4.69, 9.17) is 4.74 Å². The molecule has 1 aromatic carbocycles. The van der Waals surface area contributed by atoms with Crippen LogP contribution in [0.3, 0.4) is 0 Å². The van der Waals surface area contributed by atoms with Crippen molar-refractivity contribution in [3.05, 3.63) is 69.4 Å². The van der Waals surface area contributed by atoms with E-state index in [1.807, 2.05) is 19.9 Å². The van der Waals surface area contributed by atoms with E-state index in [1.54, 1.807) is 13.8 Å². The summed E-state index contributed by atoms with van der Waals surface area (Å²) in [5.74, 6) is -0.683. The summed E-state index contributed by atoms with van der Waals surface area (Å²) in [7, 11) is 0. The Morgan fingerprint density at radius 1 is 1.14 bits per heavy atom. The maximum absolute atomic E-state index is 12.1. The lowest BCUT2D eigenvalue weighted by atomic mass is 10.1. The number of nitrogens with zero attached hydrogens (tertiary/aromatic N) is 2. The molecule has 28 heavy (non-hydrogen) atoms. The van der Waals surface area contributed by atoms with Crippen LogP contribution in [0.15, 0.2) is 46.3 Å². The van der Waals surface area contributed by atoms with Crippen LogP contribution in [-0.2, 0) is 9.53 Å². The number of aliphatic imine (C=N–C) groups is 1. The maximum atomic E-state index is 12.1. The Hall–Kier alpha value is -3.08. The highest BCUT2D eigenvalue weighted by atomic mass is 16.5. The number of hydrogen-bond donors (Lipinski definition) is 1. The van der Waals surface area contributed by atoms with Crippen molar-refractivity contribution in [2.75, 3.05) is 6.61 Å². The number of esters is 1. The molecule has 1 aliphatic heterocycles. The molecule has 0 saturated carbocycles. The van der Waals surface area contributed by atoms with Gasteiger partial charge < -0.3 is 14.4 Å². The summed E-state index contributed by atoms with van der Waals surface area (Å²) < 4.78 is 7.20. The molecule has 3 rings (SSSR count). The first kappa shape index (κ1) is 19.7. The van der Waals surface area contributed by atoms with E-state index >= 15 is 0 Å². The van der Waals surface area contributed by atoms with Crippen LogP contribution in [0.5, 0.6) is 0 Å². The topological polar surface area (TPSA) is 63.8 Å². The first-order valence-electron chi connectivity index (χ1n) is 9.39. The van der Waals surface area contributed by atoms with E-state index in [9.17, 15) is 9.90 Å². The van der Waals surface area contributed by atoms with Gasteiger partial charge >= 0.3 is 5.97 Å². The fourth-order valence-corrected chi connectivity index (χ4v) is 3.48. The second-order valence-corrected chi connectivity index (χ2v) is 7.10. The van der Waals surface area contributed by atoms with Crippen LogP contribution in [0.1, 0.15) is 41.9 Å². The third-order valence-electron chi connectivity index (χ3n) is 5.12. The number of aliphatic hydroxyl groups is 1. The molecule has 2 aromatic rings. The van der Waals surface area contributed by atoms with Crippen LogP contribution in [0, 0.1) is 27.7 Å². The Bertz CT molecular complexity index is 1050. The van der Waals surface area contributed by atoms with Crippen LogP contribution in [0.2, 0.25) is 0 Å². The number of hydrogen-bond acceptors (Lipinski definition) is 4. The van der Waals surface area contributed by atoms with Crippen molar-refractivity contribution in [2.45, 2.75) is 41.5 Å². The minimum Gasteiger partial charge on any atom is -0.505 e. The van der Waals surface area contributed by atoms with Crippen molar-refractivity contribution in [1.29, 1.82) is 0 Å². The lowest BCUT2D eigenvalue weighted by molar-refractivity contribution is -0.138. The SMILES string of the molecule is CCOC(=O)C1=C(O)C(=Cc2cc(C)n(-c3ccc(C)c(C)c3)c2C)N=C1C. The molecular formula is C23H26N2O3. The summed E-state index contributed by atoms with van der Waals surface area (Å²) in [6, 6.07) is 8.44. The Morgan fingerprint density at radius 2 is 1.86 bits per heavy atom. The minimum absolute atomic E-state index is 0.132. The zero-order chi connectivity index (χ0) is 20.6. The molecule has 0 saturated heterocycles. The summed E-state index contributed by atoms with van der Waals surface area (Å²) in [5.41, 5.74) is 7.63. The molecule has 0 spiro atoms. The quantitative estimate of drug-likeness (QED) is 0.770. The van der Waals surface area contributed by atoms with Crippen LogP contribution in [0.25, 0.3) is 11.8 Å². The van der Waals surface area contributed by atoms with Crippen molar-refractivity contribution in [3.8, 4) is 5.69 Å². The van der Waals surface area contributed by atoms with Gasteiger partial charge in [0.2, 0.25) is 0 Å². The molecule has 0 unspecified atom stereocenters. The highest BCUT2D eigenvalue weighted by molar-refractivity contribution is 6.22. The van der Waals surface area contributed by atoms with Gasteiger partial charge in [0.25, 0.3) is 0 Å². The fraction of sp³-hybridized carbons (Fsp3) is 0.304. The number of benzene rings is 1. The summed E-state index contributed by atoms with van der Waals surface area (Å²) in [5, 5.41) is 10.5. The van der Waals surface area contributed by atoms with Crippen molar-refractivity contribution in [3.63, 3.8) is 0 Å². The highest BCUT2D eigenvalue weighted by Crippen LogP contribution is 2.29. The summed E-state index contributed by atoms with van der Waals surface area (Å²) in [6.07, 6.45) is 1.81. The lowest BCUT2D eigenvalue weighted by Crippen LogP contribution is -2.13. The van der Waals surface area contributed by atoms with Gasteiger partial charge in [-0.15, -0.1) is 0 Å². The molecule has 1 N–H and O–H groups in total. The molecule has 0 atom stereocenters. The Labute approximate surface area is 165 Å². The van der Waals surface area contributed by atoms with E-state index in [0.29, 0.717) is 11.4 Å². The number of carbonyl (C=O) groups is 1. The molecule has 2 heterocycles. The Kier molecular flexibility index (Phi) is 5.27. The van der Waals surface area contributed by atoms with Gasteiger partial charge in [0, 0.05) is 17.1 Å². The highest BCUT2D eigenvalue weighted by Gasteiger charge is 2.28. The number of rotatable bonds is 4. The molecule has 0 aliphatic carbocycles. The van der Waals surface area contributed by atoms with Crippen molar-refractivity contribution in [1.82, 2.24) is 4.57 Å². The van der Waals surface area contributed by atoms with Gasteiger partial charge in [0.05, 0.1) is 12.3 Å². The molecule has 0 fully saturated rings. The number of aryl methyl sites for hydroxylation is 3. The summed E-state index contributed by atoms with van der Waals surface area (Å²) in [6.45, 7) is 12.0. The molecular weight excluding hydrogens is 352 g/mol. The third kappa shape index (κ3) is 3.40. The van der Waals surface area contributed by atoms with Gasteiger partial charge in [-0.2, -0.15) is 0 Å². The van der Waals surface area contributed by atoms with E-state index in [0.717, 1.165) is 22.6 Å².